The summed E-state index contributed by atoms with van der Waals surface area (Å²) in [7, 11) is 0. The second-order valence-electron chi connectivity index (χ2n) is 6.01. The molecule has 3 heterocycles. The van der Waals surface area contributed by atoms with Gasteiger partial charge in [0.1, 0.15) is 0 Å². The van der Waals surface area contributed by atoms with Crippen LogP contribution in [-0.2, 0) is 4.79 Å². The fourth-order valence-corrected chi connectivity index (χ4v) is 4.50. The lowest BCUT2D eigenvalue weighted by Crippen LogP contribution is -2.31. The van der Waals surface area contributed by atoms with Crippen molar-refractivity contribution in [1.29, 1.82) is 0 Å². The largest absolute Gasteiger partial charge is 0.477 e. The normalized spacial score (nSPS) is 16.1. The van der Waals surface area contributed by atoms with Crippen LogP contribution in [0.4, 0.5) is 5.69 Å². The van der Waals surface area contributed by atoms with Gasteiger partial charge in [0.2, 0.25) is 0 Å². The summed E-state index contributed by atoms with van der Waals surface area (Å²) in [6, 6.07) is 13.7. The first-order valence-corrected chi connectivity index (χ1v) is 10.2. The van der Waals surface area contributed by atoms with Crippen LogP contribution in [0.5, 0.6) is 5.75 Å². The Morgan fingerprint density at radius 2 is 1.96 bits per heavy atom. The number of carbonyl (C=O) groups is 1. The Kier molecular flexibility index (Phi) is 5.18. The number of hydrogen-bond donors (Lipinski definition) is 0. The van der Waals surface area contributed by atoms with Crippen molar-refractivity contribution in [3.63, 3.8) is 0 Å². The third kappa shape index (κ3) is 3.67. The van der Waals surface area contributed by atoms with Gasteiger partial charge in [-0.25, -0.2) is 5.01 Å². The number of para-hydroxylation sites is 2. The van der Waals surface area contributed by atoms with Gasteiger partial charge in [0.25, 0.3) is 5.91 Å². The molecule has 7 nitrogen and oxygen atoms in total. The summed E-state index contributed by atoms with van der Waals surface area (Å²) in [4.78, 5) is 25.5. The maximum atomic E-state index is 12.9. The van der Waals surface area contributed by atoms with E-state index >= 15 is 0 Å². The van der Waals surface area contributed by atoms with Gasteiger partial charge in [-0.15, -0.1) is 22.7 Å². The molecule has 0 fully saturated rings. The summed E-state index contributed by atoms with van der Waals surface area (Å²) in [5.74, 6) is -0.279. The Morgan fingerprint density at radius 3 is 2.68 bits per heavy atom. The number of nitrogens with zero attached hydrogens (tertiary/aromatic N) is 3. The number of carbonyl (C=O) groups excluding carboxylic acids is 1. The molecule has 1 amide bonds. The van der Waals surface area contributed by atoms with Crippen molar-refractivity contribution in [1.82, 2.24) is 5.01 Å². The molecule has 142 valence electrons. The van der Waals surface area contributed by atoms with Gasteiger partial charge in [-0.3, -0.25) is 14.9 Å². The van der Waals surface area contributed by atoms with Crippen LogP contribution in [-0.4, -0.2) is 28.2 Å². The summed E-state index contributed by atoms with van der Waals surface area (Å²) in [5.41, 5.74) is 0.682. The number of ether oxygens (including phenoxy) is 1. The van der Waals surface area contributed by atoms with Crippen molar-refractivity contribution < 1.29 is 14.5 Å². The zero-order valence-electron chi connectivity index (χ0n) is 14.6. The smallest absolute Gasteiger partial charge is 0.310 e. The first-order valence-electron chi connectivity index (χ1n) is 8.46. The fraction of sp³-hybridized carbons (Fsp3) is 0.158. The van der Waals surface area contributed by atoms with Gasteiger partial charge >= 0.3 is 5.69 Å². The minimum atomic E-state index is -0.531. The van der Waals surface area contributed by atoms with Crippen LogP contribution in [0.25, 0.3) is 0 Å². The van der Waals surface area contributed by atoms with Gasteiger partial charge < -0.3 is 4.74 Å². The lowest BCUT2D eigenvalue weighted by atomic mass is 10.1. The van der Waals surface area contributed by atoms with Crippen LogP contribution in [0.3, 0.4) is 0 Å². The van der Waals surface area contributed by atoms with Crippen LogP contribution < -0.4 is 4.74 Å². The Balaban J connectivity index is 1.55. The first-order chi connectivity index (χ1) is 13.6. The minimum Gasteiger partial charge on any atom is -0.477 e. The van der Waals surface area contributed by atoms with Crippen LogP contribution in [0.1, 0.15) is 22.2 Å². The Labute approximate surface area is 168 Å². The monoisotopic (exact) mass is 413 g/mol. The SMILES string of the molecule is O=C(COc1ccccc1[N+](=O)[O-])N1N=C(c2cccs2)C[C@H]1c1cccs1. The lowest BCUT2D eigenvalue weighted by molar-refractivity contribution is -0.385. The van der Waals surface area contributed by atoms with E-state index in [-0.39, 0.29) is 30.0 Å². The van der Waals surface area contributed by atoms with E-state index in [1.165, 1.54) is 17.1 Å². The minimum absolute atomic E-state index is 0.0650. The summed E-state index contributed by atoms with van der Waals surface area (Å²) in [6.07, 6.45) is 0.623. The molecule has 0 saturated carbocycles. The second-order valence-corrected chi connectivity index (χ2v) is 7.94. The van der Waals surface area contributed by atoms with Crippen molar-refractivity contribution in [3.05, 3.63) is 79.2 Å². The molecule has 3 aromatic rings. The highest BCUT2D eigenvalue weighted by atomic mass is 32.1. The number of rotatable bonds is 6. The van der Waals surface area contributed by atoms with E-state index in [0.29, 0.717) is 6.42 Å². The summed E-state index contributed by atoms with van der Waals surface area (Å²) >= 11 is 3.14. The molecule has 1 aromatic carbocycles. The highest BCUT2D eigenvalue weighted by Crippen LogP contribution is 2.36. The number of hydrogen-bond acceptors (Lipinski definition) is 7. The van der Waals surface area contributed by atoms with E-state index in [2.05, 4.69) is 5.10 Å². The van der Waals surface area contributed by atoms with E-state index in [1.807, 2.05) is 35.0 Å². The predicted octanol–water partition coefficient (Wildman–Crippen LogP) is 4.47. The average Bonchev–Trinajstić information content (AvgIpc) is 3.46. The highest BCUT2D eigenvalue weighted by Gasteiger charge is 2.34. The predicted molar refractivity (Wildman–Crippen MR) is 108 cm³/mol. The number of nitro groups is 1. The number of amides is 1. The third-order valence-corrected chi connectivity index (χ3v) is 6.15. The first kappa shape index (κ1) is 18.3. The van der Waals surface area contributed by atoms with Crippen LogP contribution >= 0.6 is 22.7 Å². The van der Waals surface area contributed by atoms with Gasteiger partial charge in [0.15, 0.2) is 12.4 Å². The molecule has 9 heteroatoms. The Bertz CT molecular complexity index is 1020. The van der Waals surface area contributed by atoms with Gasteiger partial charge in [0, 0.05) is 17.4 Å². The summed E-state index contributed by atoms with van der Waals surface area (Å²) < 4.78 is 5.47. The molecule has 0 spiro atoms. The molecule has 0 radical (unpaired) electrons. The zero-order chi connectivity index (χ0) is 19.5. The molecule has 1 aliphatic heterocycles. The van der Waals surface area contributed by atoms with Crippen molar-refractivity contribution >= 4 is 40.0 Å². The molecule has 28 heavy (non-hydrogen) atoms. The molecule has 4 rings (SSSR count). The van der Waals surface area contributed by atoms with Crippen molar-refractivity contribution in [2.24, 2.45) is 5.10 Å². The van der Waals surface area contributed by atoms with Crippen molar-refractivity contribution in [3.8, 4) is 5.75 Å². The van der Waals surface area contributed by atoms with Crippen molar-refractivity contribution in [2.45, 2.75) is 12.5 Å². The number of benzene rings is 1. The van der Waals surface area contributed by atoms with E-state index in [4.69, 9.17) is 4.74 Å². The summed E-state index contributed by atoms with van der Waals surface area (Å²) in [6.45, 7) is -0.325. The molecule has 1 atom stereocenters. The quantitative estimate of drug-likeness (QED) is 0.441. The van der Waals surface area contributed by atoms with Gasteiger partial charge in [-0.2, -0.15) is 5.10 Å². The van der Waals surface area contributed by atoms with Crippen LogP contribution in [0.2, 0.25) is 0 Å². The van der Waals surface area contributed by atoms with Crippen LogP contribution in [0.15, 0.2) is 64.4 Å². The van der Waals surface area contributed by atoms with E-state index in [0.717, 1.165) is 15.5 Å². The fourth-order valence-electron chi connectivity index (χ4n) is 2.97. The Morgan fingerprint density at radius 1 is 1.18 bits per heavy atom. The molecular formula is C19H15N3O4S2. The second kappa shape index (κ2) is 7.91. The number of hydrazone groups is 1. The number of nitro benzene ring substituents is 1. The molecule has 0 N–H and O–H groups in total. The van der Waals surface area contributed by atoms with E-state index < -0.39 is 4.92 Å². The van der Waals surface area contributed by atoms with Gasteiger partial charge in [-0.05, 0) is 29.0 Å². The standard InChI is InChI=1S/C19H15N3O4S2/c23-19(12-26-16-6-2-1-5-14(16)22(24)25)21-15(18-8-4-10-28-18)11-13(20-21)17-7-3-9-27-17/h1-10,15H,11-12H2/t15-/m0/s1. The van der Waals surface area contributed by atoms with Gasteiger partial charge in [0.05, 0.1) is 21.6 Å². The van der Waals surface area contributed by atoms with Gasteiger partial charge in [-0.1, -0.05) is 24.3 Å². The molecule has 2 aromatic heterocycles. The lowest BCUT2D eigenvalue weighted by Gasteiger charge is -2.20. The van der Waals surface area contributed by atoms with E-state index in [9.17, 15) is 14.9 Å². The third-order valence-electron chi connectivity index (χ3n) is 4.26. The van der Waals surface area contributed by atoms with E-state index in [1.54, 1.807) is 34.8 Å². The molecule has 0 unspecified atom stereocenters. The molecule has 0 bridgehead atoms. The average molecular weight is 413 g/mol. The summed E-state index contributed by atoms with van der Waals surface area (Å²) in [5, 5.41) is 21.0. The Hall–Kier alpha value is -3.04. The topological polar surface area (TPSA) is 85.0 Å². The zero-order valence-corrected chi connectivity index (χ0v) is 16.2. The molecule has 1 aliphatic rings. The molecule has 0 saturated heterocycles. The number of thiophene rings is 2. The maximum Gasteiger partial charge on any atom is 0.310 e. The molecule has 0 aliphatic carbocycles. The highest BCUT2D eigenvalue weighted by molar-refractivity contribution is 7.12. The van der Waals surface area contributed by atoms with Crippen molar-refractivity contribution in [2.75, 3.05) is 6.61 Å². The molecular weight excluding hydrogens is 398 g/mol. The van der Waals surface area contributed by atoms with Crippen LogP contribution in [0, 0.1) is 10.1 Å². The maximum absolute atomic E-state index is 12.9.